The van der Waals surface area contributed by atoms with Crippen molar-refractivity contribution in [2.45, 2.75) is 19.0 Å². The SMILES string of the molecule is CN1CCN(Cc2cc3ccccc3[nH]2)CC1CCO. The fourth-order valence-electron chi connectivity index (χ4n) is 3.07. The number of nitrogens with one attached hydrogen (secondary N) is 1. The third-order valence-corrected chi connectivity index (χ3v) is 4.30. The van der Waals surface area contributed by atoms with Crippen molar-refractivity contribution in [3.63, 3.8) is 0 Å². The molecule has 1 fully saturated rings. The Morgan fingerprint density at radius 2 is 2.15 bits per heavy atom. The van der Waals surface area contributed by atoms with E-state index in [2.05, 4.69) is 52.2 Å². The van der Waals surface area contributed by atoms with E-state index in [0.29, 0.717) is 6.04 Å². The molecule has 1 aromatic heterocycles. The van der Waals surface area contributed by atoms with E-state index in [9.17, 15) is 0 Å². The lowest BCUT2D eigenvalue weighted by atomic mass is 10.1. The Bertz CT molecular complexity index is 533. The Hall–Kier alpha value is -1.36. The molecule has 0 amide bonds. The van der Waals surface area contributed by atoms with Crippen LogP contribution in [0, 0.1) is 0 Å². The van der Waals surface area contributed by atoms with Crippen molar-refractivity contribution in [3.05, 3.63) is 36.0 Å². The molecule has 0 radical (unpaired) electrons. The van der Waals surface area contributed by atoms with Crippen LogP contribution in [0.2, 0.25) is 0 Å². The van der Waals surface area contributed by atoms with Crippen molar-refractivity contribution in [1.82, 2.24) is 14.8 Å². The maximum atomic E-state index is 9.16. The summed E-state index contributed by atoms with van der Waals surface area (Å²) in [5, 5.41) is 10.4. The van der Waals surface area contributed by atoms with Gasteiger partial charge in [0, 0.05) is 50.0 Å². The maximum absolute atomic E-state index is 9.16. The molecule has 1 aliphatic rings. The second-order valence-electron chi connectivity index (χ2n) is 5.76. The summed E-state index contributed by atoms with van der Waals surface area (Å²) in [5.41, 5.74) is 2.49. The van der Waals surface area contributed by atoms with Gasteiger partial charge in [0.1, 0.15) is 0 Å². The van der Waals surface area contributed by atoms with E-state index in [-0.39, 0.29) is 6.61 Å². The third-order valence-electron chi connectivity index (χ3n) is 4.30. The number of aliphatic hydroxyl groups is 1. The smallest absolute Gasteiger partial charge is 0.0456 e. The van der Waals surface area contributed by atoms with Gasteiger partial charge in [0.2, 0.25) is 0 Å². The van der Waals surface area contributed by atoms with Gasteiger partial charge in [-0.25, -0.2) is 0 Å². The van der Waals surface area contributed by atoms with Crippen LogP contribution in [0.25, 0.3) is 10.9 Å². The summed E-state index contributed by atoms with van der Waals surface area (Å²) in [6.07, 6.45) is 0.861. The number of benzene rings is 1. The van der Waals surface area contributed by atoms with Gasteiger partial charge in [0.15, 0.2) is 0 Å². The molecule has 0 spiro atoms. The molecule has 4 nitrogen and oxygen atoms in total. The van der Waals surface area contributed by atoms with E-state index in [1.807, 2.05) is 0 Å². The zero-order chi connectivity index (χ0) is 13.9. The van der Waals surface area contributed by atoms with Gasteiger partial charge in [-0.1, -0.05) is 18.2 Å². The molecule has 20 heavy (non-hydrogen) atoms. The van der Waals surface area contributed by atoms with Gasteiger partial charge < -0.3 is 15.0 Å². The molecule has 1 aromatic carbocycles. The van der Waals surface area contributed by atoms with E-state index in [4.69, 9.17) is 5.11 Å². The Morgan fingerprint density at radius 1 is 1.30 bits per heavy atom. The van der Waals surface area contributed by atoms with E-state index in [1.54, 1.807) is 0 Å². The van der Waals surface area contributed by atoms with Gasteiger partial charge in [0.05, 0.1) is 0 Å². The quantitative estimate of drug-likeness (QED) is 0.890. The standard InChI is InChI=1S/C16H23N3O/c1-18-7-8-19(12-15(18)6-9-20)11-14-10-13-4-2-3-5-16(13)17-14/h2-5,10,15,17,20H,6-9,11-12H2,1H3. The van der Waals surface area contributed by atoms with E-state index < -0.39 is 0 Å². The monoisotopic (exact) mass is 273 g/mol. The normalized spacial score (nSPS) is 21.6. The highest BCUT2D eigenvalue weighted by atomic mass is 16.3. The van der Waals surface area contributed by atoms with Gasteiger partial charge in [-0.3, -0.25) is 4.90 Å². The van der Waals surface area contributed by atoms with E-state index >= 15 is 0 Å². The van der Waals surface area contributed by atoms with Crippen molar-refractivity contribution in [2.75, 3.05) is 33.3 Å². The predicted molar refractivity (Wildman–Crippen MR) is 81.7 cm³/mol. The average Bonchev–Trinajstić information content (AvgIpc) is 2.85. The van der Waals surface area contributed by atoms with E-state index in [1.165, 1.54) is 16.6 Å². The summed E-state index contributed by atoms with van der Waals surface area (Å²) in [5.74, 6) is 0. The van der Waals surface area contributed by atoms with Crippen LogP contribution in [0.1, 0.15) is 12.1 Å². The van der Waals surface area contributed by atoms with Gasteiger partial charge in [-0.15, -0.1) is 0 Å². The second-order valence-corrected chi connectivity index (χ2v) is 5.76. The molecule has 0 bridgehead atoms. The molecule has 2 N–H and O–H groups in total. The highest BCUT2D eigenvalue weighted by Gasteiger charge is 2.23. The number of piperazine rings is 1. The summed E-state index contributed by atoms with van der Waals surface area (Å²) in [7, 11) is 2.15. The van der Waals surface area contributed by atoms with Crippen LogP contribution in [-0.4, -0.2) is 59.2 Å². The number of fused-ring (bicyclic) bond motifs is 1. The predicted octanol–water partition coefficient (Wildman–Crippen LogP) is 1.67. The number of nitrogens with zero attached hydrogens (tertiary/aromatic N) is 2. The summed E-state index contributed by atoms with van der Waals surface area (Å²) in [4.78, 5) is 8.33. The van der Waals surface area contributed by atoms with Crippen LogP contribution in [0.5, 0.6) is 0 Å². The molecular formula is C16H23N3O. The maximum Gasteiger partial charge on any atom is 0.0456 e. The molecular weight excluding hydrogens is 250 g/mol. The number of H-pyrrole nitrogens is 1. The average molecular weight is 273 g/mol. The van der Waals surface area contributed by atoms with Crippen LogP contribution in [-0.2, 0) is 6.54 Å². The number of hydrogen-bond donors (Lipinski definition) is 2. The summed E-state index contributed by atoms with van der Waals surface area (Å²) >= 11 is 0. The molecule has 1 unspecified atom stereocenters. The minimum absolute atomic E-state index is 0.273. The lowest BCUT2D eigenvalue weighted by Crippen LogP contribution is -2.51. The van der Waals surface area contributed by atoms with Crippen LogP contribution in [0.4, 0.5) is 0 Å². The van der Waals surface area contributed by atoms with Gasteiger partial charge >= 0.3 is 0 Å². The summed E-state index contributed by atoms with van der Waals surface area (Å²) < 4.78 is 0. The topological polar surface area (TPSA) is 42.5 Å². The molecule has 108 valence electrons. The van der Waals surface area contributed by atoms with Gasteiger partial charge in [-0.05, 0) is 31.0 Å². The molecule has 0 saturated carbocycles. The first-order valence-corrected chi connectivity index (χ1v) is 7.36. The molecule has 4 heteroatoms. The molecule has 1 atom stereocenters. The zero-order valence-corrected chi connectivity index (χ0v) is 12.0. The van der Waals surface area contributed by atoms with Crippen LogP contribution < -0.4 is 0 Å². The Labute approximate surface area is 120 Å². The number of hydrogen-bond acceptors (Lipinski definition) is 3. The number of para-hydroxylation sites is 1. The van der Waals surface area contributed by atoms with Crippen LogP contribution >= 0.6 is 0 Å². The molecule has 2 aromatic rings. The van der Waals surface area contributed by atoms with Crippen molar-refractivity contribution in [2.24, 2.45) is 0 Å². The molecule has 1 saturated heterocycles. The first-order chi connectivity index (χ1) is 9.76. The zero-order valence-electron chi connectivity index (χ0n) is 12.0. The largest absolute Gasteiger partial charge is 0.396 e. The van der Waals surface area contributed by atoms with Crippen molar-refractivity contribution in [1.29, 1.82) is 0 Å². The third kappa shape index (κ3) is 2.87. The summed E-state index contributed by atoms with van der Waals surface area (Å²) in [6, 6.07) is 11.1. The Kier molecular flexibility index (Phi) is 4.05. The van der Waals surface area contributed by atoms with Gasteiger partial charge in [-0.2, -0.15) is 0 Å². The van der Waals surface area contributed by atoms with E-state index in [0.717, 1.165) is 32.6 Å². The number of aliphatic hydroxyl groups excluding tert-OH is 1. The number of rotatable bonds is 4. The fourth-order valence-corrected chi connectivity index (χ4v) is 3.07. The van der Waals surface area contributed by atoms with Crippen LogP contribution in [0.15, 0.2) is 30.3 Å². The molecule has 3 rings (SSSR count). The fraction of sp³-hybridized carbons (Fsp3) is 0.500. The minimum atomic E-state index is 0.273. The molecule has 1 aliphatic heterocycles. The lowest BCUT2D eigenvalue weighted by Gasteiger charge is -2.39. The number of aromatic amines is 1. The first kappa shape index (κ1) is 13.6. The first-order valence-electron chi connectivity index (χ1n) is 7.36. The highest BCUT2D eigenvalue weighted by molar-refractivity contribution is 5.80. The second kappa shape index (κ2) is 5.95. The highest BCUT2D eigenvalue weighted by Crippen LogP contribution is 2.18. The van der Waals surface area contributed by atoms with Crippen LogP contribution in [0.3, 0.4) is 0 Å². The molecule has 2 heterocycles. The number of likely N-dealkylation sites (N-methyl/N-ethyl adjacent to an activating group) is 1. The molecule has 0 aliphatic carbocycles. The Balaban J connectivity index is 1.67. The lowest BCUT2D eigenvalue weighted by molar-refractivity contribution is 0.0737. The van der Waals surface area contributed by atoms with Crippen molar-refractivity contribution >= 4 is 10.9 Å². The van der Waals surface area contributed by atoms with Gasteiger partial charge in [0.25, 0.3) is 0 Å². The minimum Gasteiger partial charge on any atom is -0.396 e. The van der Waals surface area contributed by atoms with Crippen molar-refractivity contribution in [3.8, 4) is 0 Å². The number of aromatic nitrogens is 1. The van der Waals surface area contributed by atoms with Crippen molar-refractivity contribution < 1.29 is 5.11 Å². The Morgan fingerprint density at radius 3 is 2.95 bits per heavy atom. The summed E-state index contributed by atoms with van der Waals surface area (Å²) in [6.45, 7) is 4.44.